The minimum Gasteiger partial charge on any atom is -0.497 e. The Morgan fingerprint density at radius 2 is 1.51 bits per heavy atom. The molecule has 0 fully saturated rings. The lowest BCUT2D eigenvalue weighted by Crippen LogP contribution is -2.16. The third-order valence-electron chi connectivity index (χ3n) is 4.98. The summed E-state index contributed by atoms with van der Waals surface area (Å²) in [7, 11) is -1.09. The Hall–Kier alpha value is -4.65. The quantitative estimate of drug-likeness (QED) is 0.190. The number of carbonyl (C=O) groups is 1. The maximum atomic E-state index is 12.8. The van der Waals surface area contributed by atoms with E-state index in [9.17, 15) is 23.3 Å². The number of rotatable bonds is 11. The van der Waals surface area contributed by atoms with Crippen LogP contribution in [0.5, 0.6) is 11.5 Å². The molecule has 12 nitrogen and oxygen atoms in total. The number of nitro groups is 1. The maximum Gasteiger partial charge on any atom is 0.295 e. The van der Waals surface area contributed by atoms with Crippen molar-refractivity contribution < 1.29 is 27.6 Å². The average Bonchev–Trinajstić information content (AvgIpc) is 2.88. The van der Waals surface area contributed by atoms with Crippen molar-refractivity contribution in [2.24, 2.45) is 5.10 Å². The van der Waals surface area contributed by atoms with Gasteiger partial charge >= 0.3 is 0 Å². The van der Waals surface area contributed by atoms with E-state index >= 15 is 0 Å². The molecule has 0 aromatic heterocycles. The third kappa shape index (κ3) is 7.41. The van der Waals surface area contributed by atoms with Crippen LogP contribution in [-0.2, 0) is 14.8 Å². The van der Waals surface area contributed by atoms with Crippen LogP contribution in [-0.4, -0.2) is 39.2 Å². The van der Waals surface area contributed by atoms with E-state index in [-0.39, 0.29) is 28.6 Å². The molecular formula is C24H25N5O7S. The summed E-state index contributed by atoms with van der Waals surface area (Å²) in [6, 6.07) is 16.3. The first-order valence-corrected chi connectivity index (χ1v) is 12.3. The van der Waals surface area contributed by atoms with Crippen LogP contribution in [0, 0.1) is 10.1 Å². The van der Waals surface area contributed by atoms with E-state index < -0.39 is 20.6 Å². The SMILES string of the molecule is COc1ccc(NC(=O)C/C(C)=N/Nc2ccc(S(=O)(=O)Nc3ccc(OC)cc3)cc2[N+](=O)[O-])cc1. The number of sulfonamides is 1. The highest BCUT2D eigenvalue weighted by molar-refractivity contribution is 7.92. The van der Waals surface area contributed by atoms with E-state index in [1.807, 2.05) is 0 Å². The normalized spacial score (nSPS) is 11.4. The van der Waals surface area contributed by atoms with Gasteiger partial charge in [-0.25, -0.2) is 8.42 Å². The molecule has 194 valence electrons. The Bertz CT molecular complexity index is 1410. The minimum atomic E-state index is -4.11. The fourth-order valence-corrected chi connectivity index (χ4v) is 4.18. The van der Waals surface area contributed by atoms with Crippen molar-refractivity contribution in [3.63, 3.8) is 0 Å². The van der Waals surface area contributed by atoms with Crippen molar-refractivity contribution in [3.8, 4) is 11.5 Å². The van der Waals surface area contributed by atoms with Crippen molar-refractivity contribution in [1.29, 1.82) is 0 Å². The molecule has 0 aliphatic heterocycles. The molecule has 0 aliphatic carbocycles. The Kier molecular flexibility index (Phi) is 8.64. The van der Waals surface area contributed by atoms with Crippen LogP contribution in [0.4, 0.5) is 22.7 Å². The van der Waals surface area contributed by atoms with Crippen LogP contribution < -0.4 is 24.9 Å². The van der Waals surface area contributed by atoms with Crippen molar-refractivity contribution in [2.45, 2.75) is 18.2 Å². The first-order valence-electron chi connectivity index (χ1n) is 10.8. The summed E-state index contributed by atoms with van der Waals surface area (Å²) in [5, 5.41) is 18.4. The van der Waals surface area contributed by atoms with E-state index in [1.165, 1.54) is 38.5 Å². The number of amides is 1. The molecular weight excluding hydrogens is 502 g/mol. The Balaban J connectivity index is 1.69. The van der Waals surface area contributed by atoms with Crippen LogP contribution in [0.2, 0.25) is 0 Å². The van der Waals surface area contributed by atoms with Crippen LogP contribution in [0.1, 0.15) is 13.3 Å². The van der Waals surface area contributed by atoms with Gasteiger partial charge in [-0.3, -0.25) is 25.1 Å². The number of benzene rings is 3. The molecule has 37 heavy (non-hydrogen) atoms. The Labute approximate surface area is 213 Å². The average molecular weight is 528 g/mol. The van der Waals surface area contributed by atoms with Gasteiger partial charge in [-0.1, -0.05) is 0 Å². The summed E-state index contributed by atoms with van der Waals surface area (Å²) in [6.45, 7) is 1.57. The zero-order chi connectivity index (χ0) is 27.0. The maximum absolute atomic E-state index is 12.8. The summed E-state index contributed by atoms with van der Waals surface area (Å²) in [4.78, 5) is 22.8. The van der Waals surface area contributed by atoms with Crippen LogP contribution >= 0.6 is 0 Å². The van der Waals surface area contributed by atoms with E-state index in [0.29, 0.717) is 22.9 Å². The van der Waals surface area contributed by atoms with E-state index in [4.69, 9.17) is 9.47 Å². The van der Waals surface area contributed by atoms with Gasteiger partial charge in [0.15, 0.2) is 0 Å². The van der Waals surface area contributed by atoms with Gasteiger partial charge in [0.05, 0.1) is 30.5 Å². The highest BCUT2D eigenvalue weighted by atomic mass is 32.2. The number of nitro benzene ring substituents is 1. The van der Waals surface area contributed by atoms with Crippen LogP contribution in [0.15, 0.2) is 76.7 Å². The lowest BCUT2D eigenvalue weighted by atomic mass is 10.2. The van der Waals surface area contributed by atoms with Gasteiger partial charge in [0.1, 0.15) is 17.2 Å². The first kappa shape index (κ1) is 26.9. The van der Waals surface area contributed by atoms with E-state index in [1.54, 1.807) is 43.3 Å². The highest BCUT2D eigenvalue weighted by Crippen LogP contribution is 2.29. The van der Waals surface area contributed by atoms with Crippen molar-refractivity contribution >= 4 is 44.4 Å². The molecule has 0 bridgehead atoms. The number of hydrogen-bond donors (Lipinski definition) is 3. The molecule has 0 aliphatic rings. The third-order valence-corrected chi connectivity index (χ3v) is 6.35. The van der Waals surface area contributed by atoms with Crippen LogP contribution in [0.25, 0.3) is 0 Å². The van der Waals surface area contributed by atoms with Gasteiger partial charge in [0.2, 0.25) is 5.91 Å². The second-order valence-corrected chi connectivity index (χ2v) is 9.36. The molecule has 1 amide bonds. The fraction of sp³-hybridized carbons (Fsp3) is 0.167. The summed E-state index contributed by atoms with van der Waals surface area (Å²) in [6.07, 6.45) is -0.0783. The second-order valence-electron chi connectivity index (χ2n) is 7.68. The predicted molar refractivity (Wildman–Crippen MR) is 140 cm³/mol. The monoisotopic (exact) mass is 527 g/mol. The Morgan fingerprint density at radius 3 is 2.05 bits per heavy atom. The molecule has 3 aromatic rings. The molecule has 0 atom stereocenters. The zero-order valence-electron chi connectivity index (χ0n) is 20.2. The molecule has 3 N–H and O–H groups in total. The number of hydrogen-bond acceptors (Lipinski definition) is 9. The predicted octanol–water partition coefficient (Wildman–Crippen LogP) is 4.23. The van der Waals surface area contributed by atoms with E-state index in [0.717, 1.165) is 6.07 Å². The number of hydrazone groups is 1. The number of ether oxygens (including phenoxy) is 2. The van der Waals surface area contributed by atoms with Crippen molar-refractivity contribution in [1.82, 2.24) is 0 Å². The van der Waals surface area contributed by atoms with E-state index in [2.05, 4.69) is 20.6 Å². The second kappa shape index (κ2) is 11.9. The van der Waals surface area contributed by atoms with Crippen molar-refractivity contribution in [3.05, 3.63) is 76.8 Å². The molecule has 0 unspecified atom stereocenters. The fourth-order valence-electron chi connectivity index (χ4n) is 3.10. The molecule has 0 saturated carbocycles. The summed E-state index contributed by atoms with van der Waals surface area (Å²) in [5.74, 6) is 0.855. The van der Waals surface area contributed by atoms with Gasteiger partial charge < -0.3 is 14.8 Å². The molecule has 0 spiro atoms. The van der Waals surface area contributed by atoms with Gasteiger partial charge in [-0.15, -0.1) is 0 Å². The molecule has 0 radical (unpaired) electrons. The first-order chi connectivity index (χ1) is 17.6. The molecule has 0 heterocycles. The van der Waals surface area contributed by atoms with Crippen molar-refractivity contribution in [2.75, 3.05) is 29.7 Å². The highest BCUT2D eigenvalue weighted by Gasteiger charge is 2.22. The molecule has 0 saturated heterocycles. The number of anilines is 3. The largest absolute Gasteiger partial charge is 0.497 e. The molecule has 3 aromatic carbocycles. The van der Waals surface area contributed by atoms with Gasteiger partial charge in [0, 0.05) is 23.2 Å². The number of nitrogens with zero attached hydrogens (tertiary/aromatic N) is 2. The smallest absolute Gasteiger partial charge is 0.295 e. The summed E-state index contributed by atoms with van der Waals surface area (Å²) in [5.41, 5.74) is 3.18. The summed E-state index contributed by atoms with van der Waals surface area (Å²) < 4.78 is 38.0. The Morgan fingerprint density at radius 1 is 0.946 bits per heavy atom. The zero-order valence-corrected chi connectivity index (χ0v) is 21.0. The van der Waals surface area contributed by atoms with Gasteiger partial charge in [-0.05, 0) is 67.6 Å². The molecule has 13 heteroatoms. The topological polar surface area (TPSA) is 161 Å². The number of nitrogens with one attached hydrogen (secondary N) is 3. The van der Waals surface area contributed by atoms with Gasteiger partial charge in [0.25, 0.3) is 15.7 Å². The van der Waals surface area contributed by atoms with Gasteiger partial charge in [-0.2, -0.15) is 5.10 Å². The summed E-state index contributed by atoms with van der Waals surface area (Å²) >= 11 is 0. The standard InChI is InChI=1S/C24H25N5O7S/c1-16(14-24(30)25-17-4-8-19(35-2)9-5-17)26-27-22-13-12-21(15-23(22)29(31)32)37(33,34)28-18-6-10-20(36-3)11-7-18/h4-13,15,27-28H,14H2,1-3H3,(H,25,30)/b26-16+. The lowest BCUT2D eigenvalue weighted by Gasteiger charge is -2.10. The van der Waals surface area contributed by atoms with Crippen LogP contribution in [0.3, 0.4) is 0 Å². The minimum absolute atomic E-state index is 0.0386. The number of carbonyl (C=O) groups excluding carboxylic acids is 1. The lowest BCUT2D eigenvalue weighted by molar-refractivity contribution is -0.384. The number of methoxy groups -OCH3 is 2. The molecule has 3 rings (SSSR count).